The van der Waals surface area contributed by atoms with Crippen LogP contribution in [0.25, 0.3) is 0 Å². The van der Waals surface area contributed by atoms with Crippen molar-refractivity contribution in [3.05, 3.63) is 59.9 Å². The molecule has 1 aliphatic rings. The van der Waals surface area contributed by atoms with Gasteiger partial charge in [-0.1, -0.05) is 31.2 Å². The van der Waals surface area contributed by atoms with Gasteiger partial charge in [-0.3, -0.25) is 9.59 Å². The van der Waals surface area contributed by atoms with Crippen molar-refractivity contribution in [3.63, 3.8) is 0 Å². The summed E-state index contributed by atoms with van der Waals surface area (Å²) in [6.07, 6.45) is 0.632. The third kappa shape index (κ3) is 6.44. The highest BCUT2D eigenvalue weighted by atomic mass is 19.1. The summed E-state index contributed by atoms with van der Waals surface area (Å²) < 4.78 is 18.4. The van der Waals surface area contributed by atoms with Gasteiger partial charge < -0.3 is 19.9 Å². The Morgan fingerprint density at radius 2 is 1.71 bits per heavy atom. The lowest BCUT2D eigenvalue weighted by atomic mass is 10.0. The average Bonchev–Trinajstić information content (AvgIpc) is 2.78. The van der Waals surface area contributed by atoms with Gasteiger partial charge in [-0.15, -0.1) is 0 Å². The second kappa shape index (κ2) is 10.8. The van der Waals surface area contributed by atoms with Gasteiger partial charge in [-0.2, -0.15) is 0 Å². The van der Waals surface area contributed by atoms with Gasteiger partial charge in [-0.05, 0) is 35.7 Å². The zero-order valence-corrected chi connectivity index (χ0v) is 18.1. The highest BCUT2D eigenvalue weighted by Gasteiger charge is 2.24. The number of nitrogens with zero attached hydrogens (tertiary/aromatic N) is 2. The van der Waals surface area contributed by atoms with Crippen LogP contribution in [0.2, 0.25) is 0 Å². The second-order valence-electron chi connectivity index (χ2n) is 7.96. The molecule has 0 unspecified atom stereocenters. The Hall–Kier alpha value is -3.09. The van der Waals surface area contributed by atoms with E-state index in [0.717, 1.165) is 30.1 Å². The number of methoxy groups -OCH3 is 1. The largest absolute Gasteiger partial charge is 0.495 e. The van der Waals surface area contributed by atoms with Crippen molar-refractivity contribution in [2.45, 2.75) is 26.3 Å². The Morgan fingerprint density at radius 1 is 1.03 bits per heavy atom. The van der Waals surface area contributed by atoms with Crippen LogP contribution in [0.4, 0.5) is 10.1 Å². The minimum absolute atomic E-state index is 0.0482. The van der Waals surface area contributed by atoms with Crippen molar-refractivity contribution < 1.29 is 18.7 Å². The van der Waals surface area contributed by atoms with Crippen LogP contribution in [-0.4, -0.2) is 50.0 Å². The number of carbonyl (C=O) groups is 2. The predicted molar refractivity (Wildman–Crippen MR) is 118 cm³/mol. The maximum atomic E-state index is 12.9. The Kier molecular flexibility index (Phi) is 7.87. The van der Waals surface area contributed by atoms with Crippen LogP contribution < -0.4 is 15.0 Å². The number of anilines is 1. The number of nitrogens with one attached hydrogen (secondary N) is 1. The van der Waals surface area contributed by atoms with Crippen LogP contribution in [0.3, 0.4) is 0 Å². The zero-order valence-electron chi connectivity index (χ0n) is 18.1. The smallest absolute Gasteiger partial charge is 0.222 e. The van der Waals surface area contributed by atoms with Crippen LogP contribution in [0, 0.1) is 11.7 Å². The summed E-state index contributed by atoms with van der Waals surface area (Å²) in [7, 11) is 1.66. The molecule has 0 saturated carbocycles. The maximum absolute atomic E-state index is 12.9. The lowest BCUT2D eigenvalue weighted by molar-refractivity contribution is -0.132. The molecule has 3 rings (SSSR count). The monoisotopic (exact) mass is 427 g/mol. The van der Waals surface area contributed by atoms with E-state index < -0.39 is 0 Å². The van der Waals surface area contributed by atoms with Gasteiger partial charge in [0.25, 0.3) is 0 Å². The molecular weight excluding hydrogens is 397 g/mol. The molecule has 1 N–H and O–H groups in total. The number of rotatable bonds is 8. The highest BCUT2D eigenvalue weighted by Crippen LogP contribution is 2.28. The van der Waals surface area contributed by atoms with E-state index in [4.69, 9.17) is 4.74 Å². The number of para-hydroxylation sites is 2. The number of halogens is 1. The van der Waals surface area contributed by atoms with E-state index in [0.29, 0.717) is 26.1 Å². The van der Waals surface area contributed by atoms with Gasteiger partial charge >= 0.3 is 0 Å². The van der Waals surface area contributed by atoms with E-state index >= 15 is 0 Å². The molecule has 0 spiro atoms. The minimum Gasteiger partial charge on any atom is -0.495 e. The lowest BCUT2D eigenvalue weighted by Gasteiger charge is -2.37. The SMILES string of the molecule is COc1ccccc1N1CCN(C(=O)C[C@@H](C)CC(=O)NCc2ccc(F)cc2)CC1. The third-order valence-corrected chi connectivity index (χ3v) is 5.52. The van der Waals surface area contributed by atoms with E-state index in [-0.39, 0.29) is 30.0 Å². The number of amides is 2. The van der Waals surface area contributed by atoms with Crippen molar-refractivity contribution in [2.75, 3.05) is 38.2 Å². The molecule has 0 bridgehead atoms. The normalized spacial score (nSPS) is 14.8. The zero-order chi connectivity index (χ0) is 22.2. The molecular formula is C24H30FN3O3. The fourth-order valence-electron chi connectivity index (χ4n) is 3.78. The van der Waals surface area contributed by atoms with Crippen LogP contribution in [0.15, 0.2) is 48.5 Å². The van der Waals surface area contributed by atoms with Crippen LogP contribution >= 0.6 is 0 Å². The average molecular weight is 428 g/mol. The van der Waals surface area contributed by atoms with E-state index in [1.54, 1.807) is 19.2 Å². The molecule has 2 aromatic carbocycles. The molecule has 1 heterocycles. The summed E-state index contributed by atoms with van der Waals surface area (Å²) in [6.45, 7) is 5.07. The first-order valence-electron chi connectivity index (χ1n) is 10.6. The number of hydrogen-bond donors (Lipinski definition) is 1. The molecule has 1 aliphatic heterocycles. The Labute approximate surface area is 183 Å². The van der Waals surface area contributed by atoms with Crippen molar-refractivity contribution in [1.82, 2.24) is 10.2 Å². The topological polar surface area (TPSA) is 61.9 Å². The first kappa shape index (κ1) is 22.6. The standard InChI is InChI=1S/C24H30FN3O3/c1-18(15-23(29)26-17-19-7-9-20(25)10-8-19)16-24(30)28-13-11-27(12-14-28)21-5-3-4-6-22(21)31-2/h3-10,18H,11-17H2,1-2H3,(H,26,29)/t18-/m0/s1. The van der Waals surface area contributed by atoms with E-state index in [1.165, 1.54) is 12.1 Å². The molecule has 0 aliphatic carbocycles. The van der Waals surface area contributed by atoms with E-state index in [1.807, 2.05) is 36.1 Å². The molecule has 1 fully saturated rings. The Balaban J connectivity index is 1.40. The molecule has 1 saturated heterocycles. The van der Waals surface area contributed by atoms with Crippen LogP contribution in [-0.2, 0) is 16.1 Å². The Morgan fingerprint density at radius 3 is 2.39 bits per heavy atom. The molecule has 31 heavy (non-hydrogen) atoms. The van der Waals surface area contributed by atoms with Crippen molar-refractivity contribution >= 4 is 17.5 Å². The molecule has 2 amide bonds. The van der Waals surface area contributed by atoms with Gasteiger partial charge in [0.1, 0.15) is 11.6 Å². The quantitative estimate of drug-likeness (QED) is 0.703. The van der Waals surface area contributed by atoms with Gasteiger partial charge in [-0.25, -0.2) is 4.39 Å². The predicted octanol–water partition coefficient (Wildman–Crippen LogP) is 3.22. The number of piperazine rings is 1. The summed E-state index contributed by atoms with van der Waals surface area (Å²) in [6, 6.07) is 13.9. The van der Waals surface area contributed by atoms with Gasteiger partial charge in [0.05, 0.1) is 12.8 Å². The molecule has 2 aromatic rings. The van der Waals surface area contributed by atoms with Crippen LogP contribution in [0.5, 0.6) is 5.75 Å². The summed E-state index contributed by atoms with van der Waals surface area (Å²) in [4.78, 5) is 29.0. The molecule has 0 aromatic heterocycles. The van der Waals surface area contributed by atoms with Crippen LogP contribution in [0.1, 0.15) is 25.3 Å². The lowest BCUT2D eigenvalue weighted by Crippen LogP contribution is -2.49. The van der Waals surface area contributed by atoms with Gasteiger partial charge in [0, 0.05) is 45.6 Å². The number of benzene rings is 2. The number of carbonyl (C=O) groups excluding carboxylic acids is 2. The third-order valence-electron chi connectivity index (χ3n) is 5.52. The summed E-state index contributed by atoms with van der Waals surface area (Å²) in [5, 5.41) is 2.83. The van der Waals surface area contributed by atoms with Crippen molar-refractivity contribution in [1.29, 1.82) is 0 Å². The fourth-order valence-corrected chi connectivity index (χ4v) is 3.78. The molecule has 7 heteroatoms. The summed E-state index contributed by atoms with van der Waals surface area (Å²) >= 11 is 0. The van der Waals surface area contributed by atoms with Gasteiger partial charge in [0.2, 0.25) is 11.8 Å². The van der Waals surface area contributed by atoms with Gasteiger partial charge in [0.15, 0.2) is 0 Å². The van der Waals surface area contributed by atoms with Crippen molar-refractivity contribution in [3.8, 4) is 5.75 Å². The van der Waals surface area contributed by atoms with Crippen molar-refractivity contribution in [2.24, 2.45) is 5.92 Å². The summed E-state index contributed by atoms with van der Waals surface area (Å²) in [5.41, 5.74) is 1.88. The van der Waals surface area contributed by atoms with E-state index in [2.05, 4.69) is 10.2 Å². The molecule has 166 valence electrons. The first-order valence-corrected chi connectivity index (χ1v) is 10.6. The molecule has 1 atom stereocenters. The maximum Gasteiger partial charge on any atom is 0.222 e. The fraction of sp³-hybridized carbons (Fsp3) is 0.417. The Bertz CT molecular complexity index is 880. The molecule has 6 nitrogen and oxygen atoms in total. The number of hydrogen-bond acceptors (Lipinski definition) is 4. The minimum atomic E-state index is -0.300. The second-order valence-corrected chi connectivity index (χ2v) is 7.96. The number of ether oxygens (including phenoxy) is 1. The first-order chi connectivity index (χ1) is 15.0. The van der Waals surface area contributed by atoms with E-state index in [9.17, 15) is 14.0 Å². The highest BCUT2D eigenvalue weighted by molar-refractivity contribution is 5.79. The molecule has 0 radical (unpaired) electrons. The summed E-state index contributed by atoms with van der Waals surface area (Å²) in [5.74, 6) is 0.464.